The van der Waals surface area contributed by atoms with Crippen LogP contribution in [0.25, 0.3) is 0 Å². The van der Waals surface area contributed by atoms with Gasteiger partial charge in [-0.1, -0.05) is 0 Å². The van der Waals surface area contributed by atoms with Crippen LogP contribution in [0, 0.1) is 0 Å². The van der Waals surface area contributed by atoms with Crippen LogP contribution in [-0.2, 0) is 19.1 Å². The van der Waals surface area contributed by atoms with Gasteiger partial charge < -0.3 is 35.2 Å². The van der Waals surface area contributed by atoms with Crippen LogP contribution in [0.4, 0.5) is 0 Å². The minimum Gasteiger partial charge on any atom is -0.388 e. The fraction of sp³-hybridized carbons (Fsp3) is 0.905. The SMILES string of the molecule is O=C(NCC1OC(CC(=O)N2CCN(C3CCCCN3)CC2)C(O)C1O)C1CCCO1. The molecule has 2 amide bonds. The molecule has 0 spiro atoms. The second-order valence-electron chi connectivity index (χ2n) is 9.03. The van der Waals surface area contributed by atoms with Gasteiger partial charge in [-0.25, -0.2) is 0 Å². The second kappa shape index (κ2) is 10.5. The fourth-order valence-corrected chi connectivity index (χ4v) is 4.99. The number of nitrogens with one attached hydrogen (secondary N) is 2. The van der Waals surface area contributed by atoms with E-state index in [-0.39, 0.29) is 24.8 Å². The van der Waals surface area contributed by atoms with Crippen molar-refractivity contribution in [3.63, 3.8) is 0 Å². The highest BCUT2D eigenvalue weighted by molar-refractivity contribution is 5.81. The third kappa shape index (κ3) is 5.55. The molecule has 0 aromatic rings. The third-order valence-electron chi connectivity index (χ3n) is 6.93. The van der Waals surface area contributed by atoms with Crippen molar-refractivity contribution in [3.8, 4) is 0 Å². The third-order valence-corrected chi connectivity index (χ3v) is 6.93. The summed E-state index contributed by atoms with van der Waals surface area (Å²) in [5.41, 5.74) is 0. The van der Waals surface area contributed by atoms with Gasteiger partial charge in [-0.3, -0.25) is 14.5 Å². The summed E-state index contributed by atoms with van der Waals surface area (Å²) in [7, 11) is 0. The molecule has 0 aromatic heterocycles. The Morgan fingerprint density at radius 2 is 1.77 bits per heavy atom. The lowest BCUT2D eigenvalue weighted by Gasteiger charge is -2.41. The van der Waals surface area contributed by atoms with Gasteiger partial charge in [0.15, 0.2) is 0 Å². The van der Waals surface area contributed by atoms with E-state index in [2.05, 4.69) is 15.5 Å². The second-order valence-corrected chi connectivity index (χ2v) is 9.03. The highest BCUT2D eigenvalue weighted by Gasteiger charge is 2.44. The molecule has 4 fully saturated rings. The molecule has 4 aliphatic rings. The maximum absolute atomic E-state index is 12.8. The zero-order valence-electron chi connectivity index (χ0n) is 18.1. The number of hydrogen-bond acceptors (Lipinski definition) is 8. The van der Waals surface area contributed by atoms with Crippen LogP contribution in [0.2, 0.25) is 0 Å². The van der Waals surface area contributed by atoms with E-state index in [1.807, 2.05) is 4.90 Å². The molecule has 6 unspecified atom stereocenters. The smallest absolute Gasteiger partial charge is 0.249 e. The Bertz CT molecular complexity index is 617. The van der Waals surface area contributed by atoms with E-state index in [4.69, 9.17) is 9.47 Å². The van der Waals surface area contributed by atoms with Crippen LogP contribution in [0.1, 0.15) is 38.5 Å². The van der Waals surface area contributed by atoms with Gasteiger partial charge in [-0.2, -0.15) is 0 Å². The predicted molar refractivity (Wildman–Crippen MR) is 111 cm³/mol. The number of aliphatic hydroxyl groups excluding tert-OH is 2. The molecule has 0 aliphatic carbocycles. The van der Waals surface area contributed by atoms with Crippen molar-refractivity contribution in [2.45, 2.75) is 75.2 Å². The number of rotatable bonds is 6. The van der Waals surface area contributed by atoms with E-state index in [1.165, 1.54) is 12.8 Å². The van der Waals surface area contributed by atoms with Crippen molar-refractivity contribution in [3.05, 3.63) is 0 Å². The van der Waals surface area contributed by atoms with Crippen molar-refractivity contribution in [1.82, 2.24) is 20.4 Å². The summed E-state index contributed by atoms with van der Waals surface area (Å²) in [5, 5.41) is 26.9. The highest BCUT2D eigenvalue weighted by Crippen LogP contribution is 2.25. The summed E-state index contributed by atoms with van der Waals surface area (Å²) in [6, 6.07) is 0. The first-order valence-corrected chi connectivity index (χ1v) is 11.7. The topological polar surface area (TPSA) is 124 Å². The number of amides is 2. The van der Waals surface area contributed by atoms with Gasteiger partial charge in [0, 0.05) is 39.3 Å². The molecule has 10 nitrogen and oxygen atoms in total. The number of carbonyl (C=O) groups excluding carboxylic acids is 2. The zero-order chi connectivity index (χ0) is 21.8. The lowest BCUT2D eigenvalue weighted by atomic mass is 10.0. The molecule has 0 aromatic carbocycles. The molecule has 4 N–H and O–H groups in total. The van der Waals surface area contributed by atoms with Crippen LogP contribution in [-0.4, -0.2) is 114 Å². The molecule has 4 heterocycles. The number of aliphatic hydroxyl groups is 2. The summed E-state index contributed by atoms with van der Waals surface area (Å²) < 4.78 is 11.1. The van der Waals surface area contributed by atoms with Crippen molar-refractivity contribution in [1.29, 1.82) is 0 Å². The van der Waals surface area contributed by atoms with Gasteiger partial charge in [-0.05, 0) is 38.6 Å². The fourth-order valence-electron chi connectivity index (χ4n) is 4.99. The Morgan fingerprint density at radius 1 is 1.00 bits per heavy atom. The number of nitrogens with zero attached hydrogens (tertiary/aromatic N) is 2. The minimum absolute atomic E-state index is 0.0239. The number of hydrogen-bond donors (Lipinski definition) is 4. The molecule has 31 heavy (non-hydrogen) atoms. The average molecular weight is 441 g/mol. The Hall–Kier alpha value is -1.30. The van der Waals surface area contributed by atoms with Gasteiger partial charge >= 0.3 is 0 Å². The number of carbonyl (C=O) groups is 2. The van der Waals surface area contributed by atoms with Gasteiger partial charge in [0.05, 0.1) is 18.7 Å². The molecule has 0 bridgehead atoms. The van der Waals surface area contributed by atoms with Gasteiger partial charge in [0.25, 0.3) is 0 Å². The summed E-state index contributed by atoms with van der Waals surface area (Å²) in [5.74, 6) is -0.302. The van der Waals surface area contributed by atoms with Crippen LogP contribution in [0.5, 0.6) is 0 Å². The molecule has 10 heteroatoms. The molecule has 4 rings (SSSR count). The Kier molecular flexibility index (Phi) is 7.78. The van der Waals surface area contributed by atoms with E-state index >= 15 is 0 Å². The summed E-state index contributed by atoms with van der Waals surface area (Å²) in [6.07, 6.45) is 1.33. The van der Waals surface area contributed by atoms with E-state index in [0.29, 0.717) is 32.3 Å². The number of piperidine rings is 1. The Labute approximate surface area is 183 Å². The largest absolute Gasteiger partial charge is 0.388 e. The highest BCUT2D eigenvalue weighted by atomic mass is 16.5. The monoisotopic (exact) mass is 440 g/mol. The van der Waals surface area contributed by atoms with Crippen molar-refractivity contribution in [2.75, 3.05) is 45.9 Å². The molecule has 0 saturated carbocycles. The van der Waals surface area contributed by atoms with Crippen molar-refractivity contribution in [2.24, 2.45) is 0 Å². The molecular weight excluding hydrogens is 404 g/mol. The number of piperazine rings is 1. The summed E-state index contributed by atoms with van der Waals surface area (Å²) in [6.45, 7) is 4.69. The molecular formula is C21H36N4O6. The summed E-state index contributed by atoms with van der Waals surface area (Å²) >= 11 is 0. The van der Waals surface area contributed by atoms with E-state index in [9.17, 15) is 19.8 Å². The van der Waals surface area contributed by atoms with Crippen molar-refractivity contribution >= 4 is 11.8 Å². The summed E-state index contributed by atoms with van der Waals surface area (Å²) in [4.78, 5) is 29.1. The minimum atomic E-state index is -1.15. The first-order valence-electron chi connectivity index (χ1n) is 11.7. The first-order chi connectivity index (χ1) is 15.0. The lowest BCUT2D eigenvalue weighted by molar-refractivity contribution is -0.138. The normalized spacial score (nSPS) is 37.2. The zero-order valence-corrected chi connectivity index (χ0v) is 18.1. The van der Waals surface area contributed by atoms with Crippen LogP contribution < -0.4 is 10.6 Å². The van der Waals surface area contributed by atoms with Crippen LogP contribution >= 0.6 is 0 Å². The Morgan fingerprint density at radius 3 is 2.45 bits per heavy atom. The lowest BCUT2D eigenvalue weighted by Crippen LogP contribution is -2.57. The van der Waals surface area contributed by atoms with Gasteiger partial charge in [-0.15, -0.1) is 0 Å². The molecule has 6 atom stereocenters. The first kappa shape index (κ1) is 22.9. The van der Waals surface area contributed by atoms with E-state index < -0.39 is 30.5 Å². The average Bonchev–Trinajstić information content (AvgIpc) is 3.43. The Balaban J connectivity index is 1.20. The maximum atomic E-state index is 12.8. The van der Waals surface area contributed by atoms with E-state index in [0.717, 1.165) is 32.5 Å². The van der Waals surface area contributed by atoms with Gasteiger partial charge in [0.2, 0.25) is 11.8 Å². The van der Waals surface area contributed by atoms with Gasteiger partial charge in [0.1, 0.15) is 24.4 Å². The molecule has 4 aliphatic heterocycles. The standard InChI is InChI=1S/C21H36N4O6/c26-18(25-9-7-24(8-10-25)17-5-1-2-6-22-17)12-15-19(27)20(28)16(31-15)13-23-21(29)14-4-3-11-30-14/h14-17,19-20,22,27-28H,1-13H2,(H,23,29). The maximum Gasteiger partial charge on any atom is 0.249 e. The molecule has 176 valence electrons. The van der Waals surface area contributed by atoms with Crippen LogP contribution in [0.15, 0.2) is 0 Å². The van der Waals surface area contributed by atoms with E-state index in [1.54, 1.807) is 0 Å². The molecule has 0 radical (unpaired) electrons. The van der Waals surface area contributed by atoms with Crippen LogP contribution in [0.3, 0.4) is 0 Å². The quantitative estimate of drug-likeness (QED) is 0.390. The predicted octanol–water partition coefficient (Wildman–Crippen LogP) is -1.60. The molecule has 4 saturated heterocycles. The van der Waals surface area contributed by atoms with Crippen molar-refractivity contribution < 1.29 is 29.3 Å². The number of ether oxygens (including phenoxy) is 2.